The van der Waals surface area contributed by atoms with Crippen LogP contribution in [-0.4, -0.2) is 55.6 Å². The van der Waals surface area contributed by atoms with Crippen LogP contribution >= 0.6 is 0 Å². The molecule has 0 saturated carbocycles. The predicted octanol–water partition coefficient (Wildman–Crippen LogP) is 4.11. The summed E-state index contributed by atoms with van der Waals surface area (Å²) in [5.74, 6) is -1.28. The Hall–Kier alpha value is -3.93. The van der Waals surface area contributed by atoms with Crippen LogP contribution in [0.15, 0.2) is 54.7 Å². The number of carbonyl (C=O) groups is 1. The number of para-hydroxylation sites is 1. The number of rotatable bonds is 9. The van der Waals surface area contributed by atoms with Gasteiger partial charge in [-0.15, -0.1) is 0 Å². The number of benzene rings is 2. The molecule has 2 heterocycles. The minimum atomic E-state index is -3.23. The zero-order valence-electron chi connectivity index (χ0n) is 18.9. The van der Waals surface area contributed by atoms with Crippen molar-refractivity contribution in [2.45, 2.75) is 19.8 Å². The lowest BCUT2D eigenvalue weighted by Gasteiger charge is -2.30. The van der Waals surface area contributed by atoms with Crippen molar-refractivity contribution in [2.24, 2.45) is 0 Å². The first-order valence-corrected chi connectivity index (χ1v) is 11.0. The highest BCUT2D eigenvalue weighted by Crippen LogP contribution is 2.34. The van der Waals surface area contributed by atoms with Gasteiger partial charge in [-0.25, -0.2) is 0 Å². The third-order valence-corrected chi connectivity index (χ3v) is 5.37. The number of amides is 1. The minimum Gasteiger partial charge on any atom is -0.435 e. The van der Waals surface area contributed by atoms with Gasteiger partial charge in [-0.2, -0.15) is 27.8 Å². The molecule has 1 aliphatic rings. The topological polar surface area (TPSA) is 85.8 Å². The lowest BCUT2D eigenvalue weighted by atomic mass is 10.1. The molecule has 1 aliphatic heterocycles. The monoisotopic (exact) mass is 506 g/mol. The molecule has 190 valence electrons. The lowest BCUT2D eigenvalue weighted by Crippen LogP contribution is -2.37. The maximum absolute atomic E-state index is 12.9. The Kier molecular flexibility index (Phi) is 8.16. The number of anilines is 1. The Bertz CT molecular complexity index is 1190. The number of morpholine rings is 1. The summed E-state index contributed by atoms with van der Waals surface area (Å²) in [6, 6.07) is 12.3. The molecule has 0 atom stereocenters. The lowest BCUT2D eigenvalue weighted by molar-refractivity contribution is -0.0540. The summed E-state index contributed by atoms with van der Waals surface area (Å²) in [7, 11) is 0. The molecular weight excluding hydrogens is 484 g/mol. The number of ether oxygens (including phenoxy) is 3. The van der Waals surface area contributed by atoms with Crippen molar-refractivity contribution in [1.82, 2.24) is 15.5 Å². The Morgan fingerprint density at radius 1 is 1.03 bits per heavy atom. The molecule has 0 aliphatic carbocycles. The van der Waals surface area contributed by atoms with Gasteiger partial charge in [0.05, 0.1) is 30.7 Å². The number of aromatic nitrogens is 2. The van der Waals surface area contributed by atoms with Gasteiger partial charge in [-0.05, 0) is 29.8 Å². The Balaban J connectivity index is 1.52. The molecule has 0 spiro atoms. The van der Waals surface area contributed by atoms with Gasteiger partial charge in [-0.3, -0.25) is 4.79 Å². The van der Waals surface area contributed by atoms with Gasteiger partial charge in [0.15, 0.2) is 0 Å². The van der Waals surface area contributed by atoms with E-state index in [9.17, 15) is 22.4 Å². The van der Waals surface area contributed by atoms with Crippen molar-refractivity contribution in [3.63, 3.8) is 0 Å². The van der Waals surface area contributed by atoms with Gasteiger partial charge in [0.1, 0.15) is 11.5 Å². The number of nitrogens with one attached hydrogen (secondary N) is 1. The smallest absolute Gasteiger partial charge is 0.387 e. The number of carbonyl (C=O) groups excluding carboxylic acids is 1. The van der Waals surface area contributed by atoms with Crippen LogP contribution in [0.4, 0.5) is 23.2 Å². The highest BCUT2D eigenvalue weighted by molar-refractivity contribution is 5.95. The average Bonchev–Trinajstić information content (AvgIpc) is 2.87. The summed E-state index contributed by atoms with van der Waals surface area (Å²) < 4.78 is 65.0. The summed E-state index contributed by atoms with van der Waals surface area (Å²) in [6.07, 6.45) is 1.23. The van der Waals surface area contributed by atoms with Crippen LogP contribution in [0.1, 0.15) is 15.9 Å². The van der Waals surface area contributed by atoms with Crippen LogP contribution in [0.5, 0.6) is 11.5 Å². The number of alkyl halides is 4. The number of halogens is 4. The Labute approximate surface area is 203 Å². The Morgan fingerprint density at radius 2 is 1.78 bits per heavy atom. The molecule has 36 heavy (non-hydrogen) atoms. The molecule has 1 aromatic heterocycles. The molecule has 0 bridgehead atoms. The normalized spacial score (nSPS) is 13.7. The highest BCUT2D eigenvalue weighted by atomic mass is 19.3. The van der Waals surface area contributed by atoms with Crippen LogP contribution in [0.25, 0.3) is 11.3 Å². The van der Waals surface area contributed by atoms with Gasteiger partial charge >= 0.3 is 13.2 Å². The standard InChI is InChI=1S/C24H22F4N4O4/c25-23(26)35-17-5-6-18(21(12-17)36-24(27)28)19-11-16(14-30-31-19)22(33)29-13-15-3-1-2-4-20(15)32-7-9-34-10-8-32/h1-6,11-12,14,23-24H,7-10,13H2,(H,29,33). The van der Waals surface area contributed by atoms with E-state index in [-0.39, 0.29) is 29.1 Å². The molecular formula is C24H22F4N4O4. The van der Waals surface area contributed by atoms with Gasteiger partial charge in [0.2, 0.25) is 0 Å². The van der Waals surface area contributed by atoms with E-state index in [2.05, 4.69) is 29.9 Å². The maximum Gasteiger partial charge on any atom is 0.387 e. The van der Waals surface area contributed by atoms with E-state index in [1.54, 1.807) is 0 Å². The minimum absolute atomic E-state index is 0.0247. The third-order valence-electron chi connectivity index (χ3n) is 5.37. The van der Waals surface area contributed by atoms with E-state index in [1.165, 1.54) is 18.3 Å². The first-order chi connectivity index (χ1) is 17.4. The molecule has 1 saturated heterocycles. The first kappa shape index (κ1) is 25.2. The van der Waals surface area contributed by atoms with Crippen LogP contribution < -0.4 is 19.7 Å². The molecule has 8 nitrogen and oxygen atoms in total. The fourth-order valence-corrected chi connectivity index (χ4v) is 3.76. The third kappa shape index (κ3) is 6.39. The largest absolute Gasteiger partial charge is 0.435 e. The number of hydrogen-bond donors (Lipinski definition) is 1. The summed E-state index contributed by atoms with van der Waals surface area (Å²) in [5, 5.41) is 10.5. The number of hydrogen-bond acceptors (Lipinski definition) is 7. The van der Waals surface area contributed by atoms with E-state index in [0.29, 0.717) is 13.2 Å². The van der Waals surface area contributed by atoms with E-state index < -0.39 is 24.9 Å². The van der Waals surface area contributed by atoms with Crippen molar-refractivity contribution in [3.05, 3.63) is 65.9 Å². The van der Waals surface area contributed by atoms with E-state index >= 15 is 0 Å². The van der Waals surface area contributed by atoms with E-state index in [0.717, 1.165) is 36.5 Å². The zero-order chi connectivity index (χ0) is 25.5. The van der Waals surface area contributed by atoms with Gasteiger partial charge in [0, 0.05) is 37.0 Å². The van der Waals surface area contributed by atoms with Crippen molar-refractivity contribution >= 4 is 11.6 Å². The van der Waals surface area contributed by atoms with Crippen molar-refractivity contribution in [1.29, 1.82) is 0 Å². The van der Waals surface area contributed by atoms with Gasteiger partial charge in [-0.1, -0.05) is 18.2 Å². The zero-order valence-corrected chi connectivity index (χ0v) is 18.9. The van der Waals surface area contributed by atoms with Gasteiger partial charge in [0.25, 0.3) is 5.91 Å². The van der Waals surface area contributed by atoms with Crippen molar-refractivity contribution < 1.29 is 36.6 Å². The summed E-state index contributed by atoms with van der Waals surface area (Å²) in [6.45, 7) is -3.40. The average molecular weight is 506 g/mol. The fourth-order valence-electron chi connectivity index (χ4n) is 3.76. The maximum atomic E-state index is 12.9. The molecule has 1 fully saturated rings. The van der Waals surface area contributed by atoms with Crippen molar-refractivity contribution in [3.8, 4) is 22.8 Å². The molecule has 12 heteroatoms. The van der Waals surface area contributed by atoms with Crippen LogP contribution in [0.2, 0.25) is 0 Å². The molecule has 1 amide bonds. The summed E-state index contributed by atoms with van der Waals surface area (Å²) in [4.78, 5) is 15.0. The molecule has 1 N–H and O–H groups in total. The van der Waals surface area contributed by atoms with Crippen molar-refractivity contribution in [2.75, 3.05) is 31.2 Å². The molecule has 0 radical (unpaired) electrons. The second-order valence-corrected chi connectivity index (χ2v) is 7.66. The number of nitrogens with zero attached hydrogens (tertiary/aromatic N) is 3. The quantitative estimate of drug-likeness (QED) is 0.437. The van der Waals surface area contributed by atoms with Crippen LogP contribution in [0, 0.1) is 0 Å². The van der Waals surface area contributed by atoms with E-state index in [1.807, 2.05) is 24.3 Å². The molecule has 2 aromatic carbocycles. The molecule has 4 rings (SSSR count). The fraction of sp³-hybridized carbons (Fsp3) is 0.292. The highest BCUT2D eigenvalue weighted by Gasteiger charge is 2.18. The van der Waals surface area contributed by atoms with Crippen LogP contribution in [-0.2, 0) is 11.3 Å². The SMILES string of the molecule is O=C(NCc1ccccc1N1CCOCC1)c1cnnc(-c2ccc(OC(F)F)cc2OC(F)F)c1. The summed E-state index contributed by atoms with van der Waals surface area (Å²) >= 11 is 0. The van der Waals surface area contributed by atoms with Gasteiger partial charge < -0.3 is 24.4 Å². The Morgan fingerprint density at radius 3 is 2.53 bits per heavy atom. The second-order valence-electron chi connectivity index (χ2n) is 7.66. The summed E-state index contributed by atoms with van der Waals surface area (Å²) in [5.41, 5.74) is 2.10. The first-order valence-electron chi connectivity index (χ1n) is 11.0. The van der Waals surface area contributed by atoms with Crippen LogP contribution in [0.3, 0.4) is 0 Å². The van der Waals surface area contributed by atoms with E-state index in [4.69, 9.17) is 4.74 Å². The molecule has 3 aromatic rings. The molecule has 0 unspecified atom stereocenters. The predicted molar refractivity (Wildman–Crippen MR) is 121 cm³/mol. The second kappa shape index (κ2) is 11.7.